The maximum atomic E-state index is 13.9. The Balaban J connectivity index is 2.51. The van der Waals surface area contributed by atoms with Gasteiger partial charge in [-0.1, -0.05) is 0 Å². The average Bonchev–Trinajstić information content (AvgIpc) is 2.39. The molecule has 0 aliphatic carbocycles. The molecule has 110 valence electrons. The van der Waals surface area contributed by atoms with Crippen LogP contribution in [0.4, 0.5) is 14.5 Å². The van der Waals surface area contributed by atoms with E-state index in [1.54, 1.807) is 20.9 Å². The molecule has 0 aromatic heterocycles. The van der Waals surface area contributed by atoms with Crippen LogP contribution >= 0.6 is 0 Å². The van der Waals surface area contributed by atoms with Crippen LogP contribution in [0.2, 0.25) is 0 Å². The number of rotatable bonds is 2. The van der Waals surface area contributed by atoms with E-state index in [0.29, 0.717) is 5.69 Å². The van der Waals surface area contributed by atoms with Gasteiger partial charge in [-0.3, -0.25) is 9.20 Å². The number of aliphatic imine (C=N–C) groups is 1. The Morgan fingerprint density at radius 1 is 1.45 bits per heavy atom. The lowest BCUT2D eigenvalue weighted by Crippen LogP contribution is -2.47. The summed E-state index contributed by atoms with van der Waals surface area (Å²) in [5.41, 5.74) is 6.32. The van der Waals surface area contributed by atoms with E-state index in [-0.39, 0.29) is 17.2 Å². The zero-order valence-electron chi connectivity index (χ0n) is 11.5. The topological polar surface area (TPSA) is 67.5 Å². The van der Waals surface area contributed by atoms with E-state index in [1.165, 1.54) is 6.07 Å². The third-order valence-electron chi connectivity index (χ3n) is 3.49. The Labute approximate surface area is 118 Å². The summed E-state index contributed by atoms with van der Waals surface area (Å²) in [5.74, 6) is -1.61. The molecule has 2 unspecified atom stereocenters. The summed E-state index contributed by atoms with van der Waals surface area (Å²) in [6.45, 7) is 3.44. The molecule has 2 rings (SSSR count). The minimum absolute atomic E-state index is 0.0705. The van der Waals surface area contributed by atoms with Crippen molar-refractivity contribution >= 4 is 22.3 Å². The van der Waals surface area contributed by atoms with E-state index in [2.05, 4.69) is 10.3 Å². The van der Waals surface area contributed by atoms with Gasteiger partial charge in [0, 0.05) is 35.2 Å². The zero-order valence-corrected chi connectivity index (χ0v) is 12.4. The van der Waals surface area contributed by atoms with E-state index < -0.39 is 33.2 Å². The van der Waals surface area contributed by atoms with Crippen LogP contribution in [0.1, 0.15) is 25.5 Å². The molecule has 3 N–H and O–H groups in total. The van der Waals surface area contributed by atoms with Crippen LogP contribution in [0, 0.1) is 11.6 Å². The molecule has 4 nitrogen and oxygen atoms in total. The second kappa shape index (κ2) is 5.12. The van der Waals surface area contributed by atoms with Crippen molar-refractivity contribution in [2.24, 2.45) is 10.7 Å². The summed E-state index contributed by atoms with van der Waals surface area (Å²) in [4.78, 5) is 4.20. The molecule has 0 bridgehead atoms. The number of anilines is 1. The maximum absolute atomic E-state index is 13.9. The molecular formula is C13H17F2N3OS. The van der Waals surface area contributed by atoms with E-state index in [1.807, 2.05) is 0 Å². The van der Waals surface area contributed by atoms with Crippen LogP contribution in [-0.2, 0) is 10.8 Å². The predicted molar refractivity (Wildman–Crippen MR) is 77.4 cm³/mol. The zero-order chi connectivity index (χ0) is 15.1. The number of nitrogens with zero attached hydrogens (tertiary/aromatic N) is 1. The van der Waals surface area contributed by atoms with Gasteiger partial charge in [0.25, 0.3) is 0 Å². The fraction of sp³-hybridized carbons (Fsp3) is 0.462. The van der Waals surface area contributed by atoms with Gasteiger partial charge in [-0.25, -0.2) is 8.78 Å². The highest BCUT2D eigenvalue weighted by atomic mass is 32.2. The van der Waals surface area contributed by atoms with Crippen LogP contribution in [0.5, 0.6) is 0 Å². The monoisotopic (exact) mass is 301 g/mol. The maximum Gasteiger partial charge on any atom is 0.164 e. The van der Waals surface area contributed by atoms with Crippen molar-refractivity contribution in [3.8, 4) is 0 Å². The number of hydrogen-bond acceptors (Lipinski definition) is 4. The van der Waals surface area contributed by atoms with E-state index in [0.717, 1.165) is 6.07 Å². The molecule has 1 aliphatic heterocycles. The number of hydrogen-bond donors (Lipinski definition) is 2. The molecule has 2 atom stereocenters. The van der Waals surface area contributed by atoms with E-state index in [4.69, 9.17) is 5.73 Å². The summed E-state index contributed by atoms with van der Waals surface area (Å²) in [5, 5.41) is 2.75. The van der Waals surface area contributed by atoms with Crippen LogP contribution in [0.25, 0.3) is 0 Å². The Morgan fingerprint density at radius 3 is 2.65 bits per heavy atom. The van der Waals surface area contributed by atoms with Crippen molar-refractivity contribution in [2.75, 3.05) is 18.1 Å². The van der Waals surface area contributed by atoms with Crippen LogP contribution in [-0.4, -0.2) is 27.6 Å². The first-order valence-electron chi connectivity index (χ1n) is 6.16. The summed E-state index contributed by atoms with van der Waals surface area (Å²) in [7, 11) is 0.307. The molecule has 0 saturated heterocycles. The van der Waals surface area contributed by atoms with Gasteiger partial charge in [-0.05, 0) is 19.9 Å². The van der Waals surface area contributed by atoms with Gasteiger partial charge in [0.05, 0.1) is 16.5 Å². The van der Waals surface area contributed by atoms with Gasteiger partial charge in [0.15, 0.2) is 11.6 Å². The molecule has 7 heteroatoms. The fourth-order valence-electron chi connectivity index (χ4n) is 1.99. The van der Waals surface area contributed by atoms with Gasteiger partial charge in [-0.2, -0.15) is 0 Å². The van der Waals surface area contributed by atoms with Gasteiger partial charge >= 0.3 is 0 Å². The number of amidine groups is 1. The summed E-state index contributed by atoms with van der Waals surface area (Å²) < 4.78 is 38.9. The van der Waals surface area contributed by atoms with Gasteiger partial charge in [0.1, 0.15) is 5.84 Å². The SMILES string of the molecule is CNc1cc(F)c(F)c(C2CS(=O)C(C)(C)C(N)=N2)c1. The second-order valence-corrected chi connectivity index (χ2v) is 7.21. The molecule has 0 amide bonds. The summed E-state index contributed by atoms with van der Waals surface area (Å²) >= 11 is 0. The Morgan fingerprint density at radius 2 is 2.10 bits per heavy atom. The normalized spacial score (nSPS) is 25.1. The molecule has 1 aromatic carbocycles. The van der Waals surface area contributed by atoms with Crippen molar-refractivity contribution in [3.05, 3.63) is 29.3 Å². The number of halogens is 2. The molecule has 1 aliphatic rings. The number of benzene rings is 1. The largest absolute Gasteiger partial charge is 0.388 e. The molecule has 1 heterocycles. The minimum atomic E-state index is -1.30. The molecule has 0 saturated carbocycles. The first-order valence-corrected chi connectivity index (χ1v) is 7.48. The third kappa shape index (κ3) is 2.42. The van der Waals surface area contributed by atoms with Gasteiger partial charge < -0.3 is 11.1 Å². The lowest BCUT2D eigenvalue weighted by molar-refractivity contribution is 0.492. The number of nitrogens with two attached hydrogens (primary N) is 1. The number of nitrogens with one attached hydrogen (secondary N) is 1. The first-order chi connectivity index (χ1) is 9.27. The summed E-state index contributed by atoms with van der Waals surface area (Å²) in [6, 6.07) is 1.80. The average molecular weight is 301 g/mol. The van der Waals surface area contributed by atoms with Crippen molar-refractivity contribution in [2.45, 2.75) is 24.6 Å². The molecule has 0 radical (unpaired) electrons. The first kappa shape index (κ1) is 14.9. The third-order valence-corrected chi connectivity index (χ3v) is 5.46. The Hall–Kier alpha value is -1.50. The Kier molecular flexibility index (Phi) is 3.82. The molecule has 20 heavy (non-hydrogen) atoms. The smallest absolute Gasteiger partial charge is 0.164 e. The minimum Gasteiger partial charge on any atom is -0.388 e. The van der Waals surface area contributed by atoms with Crippen molar-refractivity contribution in [1.29, 1.82) is 0 Å². The lowest BCUT2D eigenvalue weighted by Gasteiger charge is -2.31. The highest BCUT2D eigenvalue weighted by Crippen LogP contribution is 2.32. The fourth-order valence-corrected chi connectivity index (χ4v) is 3.23. The van der Waals surface area contributed by atoms with Crippen LogP contribution in [0.15, 0.2) is 17.1 Å². The van der Waals surface area contributed by atoms with Crippen LogP contribution in [0.3, 0.4) is 0 Å². The van der Waals surface area contributed by atoms with Crippen molar-refractivity contribution < 1.29 is 13.0 Å². The van der Waals surface area contributed by atoms with E-state index in [9.17, 15) is 13.0 Å². The molecule has 0 spiro atoms. The molecular weight excluding hydrogens is 284 g/mol. The van der Waals surface area contributed by atoms with Gasteiger partial charge in [-0.15, -0.1) is 0 Å². The molecule has 0 fully saturated rings. The van der Waals surface area contributed by atoms with Crippen molar-refractivity contribution in [3.63, 3.8) is 0 Å². The van der Waals surface area contributed by atoms with Crippen LogP contribution < -0.4 is 11.1 Å². The van der Waals surface area contributed by atoms with Gasteiger partial charge in [0.2, 0.25) is 0 Å². The standard InChI is InChI=1S/C13H17F2N3OS/c1-13(2)12(16)18-10(6-20(13)19)8-4-7(17-3)5-9(14)11(8)15/h4-5,10,17H,6H2,1-3H3,(H2,16,18). The quantitative estimate of drug-likeness (QED) is 0.877. The highest BCUT2D eigenvalue weighted by molar-refractivity contribution is 7.87. The molecule has 1 aromatic rings. The summed E-state index contributed by atoms with van der Waals surface area (Å²) in [6.07, 6.45) is 0. The Bertz CT molecular complexity index is 602. The highest BCUT2D eigenvalue weighted by Gasteiger charge is 2.38. The lowest BCUT2D eigenvalue weighted by atomic mass is 10.1. The predicted octanol–water partition coefficient (Wildman–Crippen LogP) is 1.95. The van der Waals surface area contributed by atoms with E-state index >= 15 is 0 Å². The second-order valence-electron chi connectivity index (χ2n) is 5.16. The van der Waals surface area contributed by atoms with Crippen molar-refractivity contribution in [1.82, 2.24) is 0 Å².